The van der Waals surface area contributed by atoms with Crippen molar-refractivity contribution in [1.29, 1.82) is 0 Å². The number of ether oxygens (including phenoxy) is 3. The molecule has 0 aliphatic heterocycles. The Labute approximate surface area is 211 Å². The molecule has 0 atom stereocenters. The standard InChI is InChI=1S/C31H41NO3/c1-4-6-7-8-9-10-11-12-15-22-35-29-21-19-25(23-31(29)33-3)18-20-28-30(34-5-2)24-26-16-13-14-17-27(26)32-28/h13-14,16-21,23-24H,4-12,15,22H2,1-3H3/b20-18+. The molecule has 4 heteroatoms. The number of methoxy groups -OCH3 is 1. The molecular weight excluding hydrogens is 434 g/mol. The predicted molar refractivity (Wildman–Crippen MR) is 148 cm³/mol. The van der Waals surface area contributed by atoms with E-state index in [0.717, 1.165) is 52.4 Å². The van der Waals surface area contributed by atoms with Crippen LogP contribution in [-0.2, 0) is 0 Å². The van der Waals surface area contributed by atoms with E-state index in [1.807, 2.05) is 55.5 Å². The van der Waals surface area contributed by atoms with E-state index in [4.69, 9.17) is 19.2 Å². The Kier molecular flexibility index (Phi) is 11.5. The van der Waals surface area contributed by atoms with Crippen molar-refractivity contribution in [3.8, 4) is 17.2 Å². The molecule has 0 saturated carbocycles. The van der Waals surface area contributed by atoms with Gasteiger partial charge in [0.25, 0.3) is 0 Å². The average molecular weight is 476 g/mol. The topological polar surface area (TPSA) is 40.6 Å². The van der Waals surface area contributed by atoms with E-state index in [0.29, 0.717) is 6.61 Å². The summed E-state index contributed by atoms with van der Waals surface area (Å²) in [7, 11) is 1.69. The molecule has 0 aliphatic rings. The molecular formula is C31H41NO3. The van der Waals surface area contributed by atoms with Gasteiger partial charge in [0, 0.05) is 5.39 Å². The van der Waals surface area contributed by atoms with Crippen molar-refractivity contribution in [1.82, 2.24) is 4.98 Å². The smallest absolute Gasteiger partial charge is 0.161 e. The number of aromatic nitrogens is 1. The fourth-order valence-electron chi connectivity index (χ4n) is 4.18. The normalized spacial score (nSPS) is 11.3. The fourth-order valence-corrected chi connectivity index (χ4v) is 4.18. The number of fused-ring (bicyclic) bond motifs is 1. The third kappa shape index (κ3) is 8.61. The van der Waals surface area contributed by atoms with Gasteiger partial charge in [-0.05, 0) is 49.2 Å². The monoisotopic (exact) mass is 475 g/mol. The van der Waals surface area contributed by atoms with Crippen molar-refractivity contribution < 1.29 is 14.2 Å². The highest BCUT2D eigenvalue weighted by atomic mass is 16.5. The van der Waals surface area contributed by atoms with E-state index >= 15 is 0 Å². The fraction of sp³-hybridized carbons (Fsp3) is 0.452. The van der Waals surface area contributed by atoms with Gasteiger partial charge in [0.15, 0.2) is 11.5 Å². The number of pyridine rings is 1. The maximum absolute atomic E-state index is 6.02. The lowest BCUT2D eigenvalue weighted by atomic mass is 10.1. The molecule has 0 fully saturated rings. The van der Waals surface area contributed by atoms with Crippen LogP contribution in [0.15, 0.2) is 48.5 Å². The molecule has 1 heterocycles. The molecule has 0 N–H and O–H groups in total. The molecule has 4 nitrogen and oxygen atoms in total. The zero-order chi connectivity index (χ0) is 24.7. The van der Waals surface area contributed by atoms with Crippen LogP contribution in [0.3, 0.4) is 0 Å². The zero-order valence-corrected chi connectivity index (χ0v) is 21.7. The molecule has 35 heavy (non-hydrogen) atoms. The van der Waals surface area contributed by atoms with Crippen molar-refractivity contribution >= 4 is 23.1 Å². The third-order valence-electron chi connectivity index (χ3n) is 6.14. The molecule has 0 aliphatic carbocycles. The highest BCUT2D eigenvalue weighted by Crippen LogP contribution is 2.30. The van der Waals surface area contributed by atoms with Crippen molar-refractivity contribution in [2.75, 3.05) is 20.3 Å². The third-order valence-corrected chi connectivity index (χ3v) is 6.14. The molecule has 188 valence electrons. The quantitative estimate of drug-likeness (QED) is 0.194. The lowest BCUT2D eigenvalue weighted by Gasteiger charge is -2.12. The maximum atomic E-state index is 6.02. The van der Waals surface area contributed by atoms with Gasteiger partial charge in [0.05, 0.1) is 25.8 Å². The van der Waals surface area contributed by atoms with E-state index in [2.05, 4.69) is 19.1 Å². The van der Waals surface area contributed by atoms with Crippen LogP contribution in [0.5, 0.6) is 17.2 Å². The van der Waals surface area contributed by atoms with Crippen molar-refractivity contribution in [3.63, 3.8) is 0 Å². The number of unbranched alkanes of at least 4 members (excludes halogenated alkanes) is 8. The zero-order valence-electron chi connectivity index (χ0n) is 21.7. The lowest BCUT2D eigenvalue weighted by Crippen LogP contribution is -1.99. The summed E-state index contributed by atoms with van der Waals surface area (Å²) in [6.45, 7) is 5.57. The van der Waals surface area contributed by atoms with Crippen LogP contribution in [0.25, 0.3) is 23.1 Å². The molecule has 3 rings (SSSR count). The summed E-state index contributed by atoms with van der Waals surface area (Å²) in [5.41, 5.74) is 2.79. The summed E-state index contributed by atoms with van der Waals surface area (Å²) < 4.78 is 17.5. The number of para-hydroxylation sites is 1. The van der Waals surface area contributed by atoms with Crippen LogP contribution in [-0.4, -0.2) is 25.3 Å². The van der Waals surface area contributed by atoms with Crippen molar-refractivity contribution in [2.45, 2.75) is 71.6 Å². The second-order valence-corrected chi connectivity index (χ2v) is 8.92. The first-order chi connectivity index (χ1) is 17.2. The van der Waals surface area contributed by atoms with Gasteiger partial charge in [-0.15, -0.1) is 0 Å². The van der Waals surface area contributed by atoms with Crippen LogP contribution in [0.2, 0.25) is 0 Å². The molecule has 0 unspecified atom stereocenters. The van der Waals surface area contributed by atoms with Crippen molar-refractivity contribution in [3.05, 3.63) is 59.8 Å². The van der Waals surface area contributed by atoms with E-state index < -0.39 is 0 Å². The minimum absolute atomic E-state index is 0.597. The Bertz CT molecular complexity index is 1060. The number of rotatable bonds is 16. The Hall–Kier alpha value is -3.01. The summed E-state index contributed by atoms with van der Waals surface area (Å²) >= 11 is 0. The van der Waals surface area contributed by atoms with Crippen LogP contribution < -0.4 is 14.2 Å². The molecule has 0 spiro atoms. The van der Waals surface area contributed by atoms with Crippen molar-refractivity contribution in [2.24, 2.45) is 0 Å². The Balaban J connectivity index is 1.54. The number of hydrogen-bond donors (Lipinski definition) is 0. The van der Waals surface area contributed by atoms with Crippen LogP contribution in [0.4, 0.5) is 0 Å². The summed E-state index contributed by atoms with van der Waals surface area (Å²) in [5, 5.41) is 1.07. The minimum Gasteiger partial charge on any atom is -0.493 e. The molecule has 0 saturated heterocycles. The second-order valence-electron chi connectivity index (χ2n) is 8.92. The Morgan fingerprint density at radius 2 is 1.46 bits per heavy atom. The molecule has 0 amide bonds. The van der Waals surface area contributed by atoms with Gasteiger partial charge < -0.3 is 14.2 Å². The predicted octanol–water partition coefficient (Wildman–Crippen LogP) is 8.72. The first-order valence-electron chi connectivity index (χ1n) is 13.3. The molecule has 0 bridgehead atoms. The first-order valence-corrected chi connectivity index (χ1v) is 13.3. The largest absolute Gasteiger partial charge is 0.493 e. The molecule has 2 aromatic carbocycles. The molecule has 0 radical (unpaired) electrons. The molecule has 3 aromatic rings. The summed E-state index contributed by atoms with van der Waals surface area (Å²) in [6.07, 6.45) is 15.8. The van der Waals surface area contributed by atoms with Crippen LogP contribution >= 0.6 is 0 Å². The first kappa shape index (κ1) is 26.6. The lowest BCUT2D eigenvalue weighted by molar-refractivity contribution is 0.284. The number of nitrogens with zero attached hydrogens (tertiary/aromatic N) is 1. The van der Waals surface area contributed by atoms with E-state index in [1.165, 1.54) is 51.4 Å². The van der Waals surface area contributed by atoms with Crippen LogP contribution in [0.1, 0.15) is 82.9 Å². The SMILES string of the molecule is CCCCCCCCCCCOc1ccc(/C=C/c2nc3ccccc3cc2OCC)cc1OC. The van der Waals surface area contributed by atoms with Gasteiger partial charge in [0.1, 0.15) is 11.4 Å². The van der Waals surface area contributed by atoms with Gasteiger partial charge in [0.2, 0.25) is 0 Å². The summed E-state index contributed by atoms with van der Waals surface area (Å²) in [6, 6.07) is 16.2. The van der Waals surface area contributed by atoms with E-state index in [9.17, 15) is 0 Å². The highest BCUT2D eigenvalue weighted by molar-refractivity contribution is 5.83. The van der Waals surface area contributed by atoms with Gasteiger partial charge in [-0.2, -0.15) is 0 Å². The van der Waals surface area contributed by atoms with Gasteiger partial charge >= 0.3 is 0 Å². The van der Waals surface area contributed by atoms with Gasteiger partial charge in [-0.25, -0.2) is 4.98 Å². The second kappa shape index (κ2) is 15.1. The van der Waals surface area contributed by atoms with Gasteiger partial charge in [-0.1, -0.05) is 88.6 Å². The Morgan fingerprint density at radius 3 is 2.20 bits per heavy atom. The summed E-state index contributed by atoms with van der Waals surface area (Å²) in [5.74, 6) is 2.33. The minimum atomic E-state index is 0.597. The van der Waals surface area contributed by atoms with Gasteiger partial charge in [-0.3, -0.25) is 0 Å². The van der Waals surface area contributed by atoms with E-state index in [-0.39, 0.29) is 0 Å². The summed E-state index contributed by atoms with van der Waals surface area (Å²) in [4.78, 5) is 4.79. The number of hydrogen-bond acceptors (Lipinski definition) is 4. The average Bonchev–Trinajstić information content (AvgIpc) is 2.89. The highest BCUT2D eigenvalue weighted by Gasteiger charge is 2.07. The van der Waals surface area contributed by atoms with Crippen LogP contribution in [0, 0.1) is 0 Å². The van der Waals surface area contributed by atoms with E-state index in [1.54, 1.807) is 7.11 Å². The Morgan fingerprint density at radius 1 is 0.714 bits per heavy atom. The maximum Gasteiger partial charge on any atom is 0.161 e. The molecule has 1 aromatic heterocycles. The number of benzene rings is 2.